The molecule has 0 unspecified atom stereocenters. The van der Waals surface area contributed by atoms with Gasteiger partial charge in [0.05, 0.1) is 17.1 Å². The van der Waals surface area contributed by atoms with E-state index in [4.69, 9.17) is 16.0 Å². The molecule has 2 N–H and O–H groups in total. The van der Waals surface area contributed by atoms with Crippen molar-refractivity contribution in [3.63, 3.8) is 0 Å². The third-order valence-corrected chi connectivity index (χ3v) is 5.92. The van der Waals surface area contributed by atoms with Crippen molar-refractivity contribution in [3.05, 3.63) is 91.0 Å². The van der Waals surface area contributed by atoms with E-state index in [1.165, 1.54) is 18.3 Å². The second-order valence-corrected chi connectivity index (χ2v) is 8.70. The molecule has 0 spiro atoms. The lowest BCUT2D eigenvalue weighted by atomic mass is 9.99. The van der Waals surface area contributed by atoms with Gasteiger partial charge in [-0.1, -0.05) is 22.8 Å². The first kappa shape index (κ1) is 23.4. The number of hydrogen-bond acceptors (Lipinski definition) is 8. The summed E-state index contributed by atoms with van der Waals surface area (Å²) in [5.74, 6) is -0.924. The Kier molecular flexibility index (Phi) is 5.89. The van der Waals surface area contributed by atoms with E-state index >= 15 is 0 Å². The largest absolute Gasteiger partial charge is 0.454 e. The van der Waals surface area contributed by atoms with Gasteiger partial charge in [-0.15, -0.1) is 0 Å². The van der Waals surface area contributed by atoms with Gasteiger partial charge in [-0.05, 0) is 50.6 Å². The lowest BCUT2D eigenvalue weighted by Crippen LogP contribution is -2.13. The highest BCUT2D eigenvalue weighted by atomic mass is 35.5. The van der Waals surface area contributed by atoms with Crippen molar-refractivity contribution < 1.29 is 13.3 Å². The van der Waals surface area contributed by atoms with Crippen LogP contribution in [0.25, 0.3) is 33.9 Å². The molecule has 0 aliphatic rings. The first-order valence-electron chi connectivity index (χ1n) is 10.9. The van der Waals surface area contributed by atoms with Gasteiger partial charge in [-0.3, -0.25) is 19.3 Å². The van der Waals surface area contributed by atoms with E-state index in [0.29, 0.717) is 27.8 Å². The number of halogens is 2. The molecule has 4 heterocycles. The number of nitrogens with one attached hydrogen (secondary N) is 2. The first-order valence-corrected chi connectivity index (χ1v) is 11.3. The summed E-state index contributed by atoms with van der Waals surface area (Å²) in [6.07, 6.45) is 1.32. The van der Waals surface area contributed by atoms with Gasteiger partial charge in [0.25, 0.3) is 0 Å². The molecule has 0 aliphatic heterocycles. The fourth-order valence-electron chi connectivity index (χ4n) is 4.04. The standard InChI is InChI=1S/C25H19ClFN5O4/c1-11-8-15(13(3)29-17-4-5-19(26)30-20(17)24-31-25(34)36-32-24)23-16(9-11)21(33)12(2)22(35-23)18-10-14(27)6-7-28-18/h4-10,13,29H,1-3H3,(H,31,32,34)/t13-/m1/s1. The topological polar surface area (TPSA) is 127 Å². The van der Waals surface area contributed by atoms with Crippen LogP contribution in [-0.2, 0) is 0 Å². The van der Waals surface area contributed by atoms with E-state index in [2.05, 4.69) is 29.9 Å². The summed E-state index contributed by atoms with van der Waals surface area (Å²) in [5.41, 5.74) is 2.97. The van der Waals surface area contributed by atoms with Crippen LogP contribution in [0.3, 0.4) is 0 Å². The molecule has 36 heavy (non-hydrogen) atoms. The number of rotatable bonds is 5. The van der Waals surface area contributed by atoms with E-state index in [1.54, 1.807) is 25.1 Å². The number of pyridine rings is 2. The molecule has 5 aromatic rings. The van der Waals surface area contributed by atoms with Gasteiger partial charge in [0.1, 0.15) is 27.9 Å². The lowest BCUT2D eigenvalue weighted by molar-refractivity contribution is 0.388. The van der Waals surface area contributed by atoms with Crippen molar-refractivity contribution in [2.45, 2.75) is 26.8 Å². The lowest BCUT2D eigenvalue weighted by Gasteiger charge is -2.20. The van der Waals surface area contributed by atoms with Crippen molar-refractivity contribution >= 4 is 28.3 Å². The van der Waals surface area contributed by atoms with Crippen molar-refractivity contribution in [2.75, 3.05) is 5.32 Å². The summed E-state index contributed by atoms with van der Waals surface area (Å²) in [7, 11) is 0. The number of nitrogens with zero attached hydrogens (tertiary/aromatic N) is 3. The van der Waals surface area contributed by atoms with Gasteiger partial charge >= 0.3 is 5.76 Å². The van der Waals surface area contributed by atoms with Crippen LogP contribution in [-0.4, -0.2) is 20.1 Å². The van der Waals surface area contributed by atoms with Gasteiger partial charge in [-0.2, -0.15) is 0 Å². The maximum Gasteiger partial charge on any atom is 0.439 e. The number of benzene rings is 1. The maximum absolute atomic E-state index is 13.9. The third-order valence-electron chi connectivity index (χ3n) is 5.71. The average Bonchev–Trinajstić information content (AvgIpc) is 3.28. The van der Waals surface area contributed by atoms with Gasteiger partial charge in [0, 0.05) is 23.4 Å². The van der Waals surface area contributed by atoms with Crippen molar-refractivity contribution in [1.29, 1.82) is 0 Å². The Labute approximate surface area is 208 Å². The summed E-state index contributed by atoms with van der Waals surface area (Å²) in [4.78, 5) is 35.7. The molecule has 0 amide bonds. The Balaban J connectivity index is 1.65. The van der Waals surface area contributed by atoms with Gasteiger partial charge in [0.2, 0.25) is 5.82 Å². The van der Waals surface area contributed by atoms with Crippen LogP contribution < -0.4 is 16.5 Å². The maximum atomic E-state index is 13.9. The monoisotopic (exact) mass is 507 g/mol. The number of aromatic nitrogens is 4. The number of aromatic amines is 1. The number of hydrogen-bond donors (Lipinski definition) is 2. The second kappa shape index (κ2) is 9.04. The van der Waals surface area contributed by atoms with E-state index < -0.39 is 17.6 Å². The molecule has 5 rings (SSSR count). The highest BCUT2D eigenvalue weighted by Crippen LogP contribution is 2.33. The predicted molar refractivity (Wildman–Crippen MR) is 133 cm³/mol. The fraction of sp³-hybridized carbons (Fsp3) is 0.160. The summed E-state index contributed by atoms with van der Waals surface area (Å²) in [6.45, 7) is 5.38. The summed E-state index contributed by atoms with van der Waals surface area (Å²) in [5, 5.41) is 7.62. The number of H-pyrrole nitrogens is 1. The van der Waals surface area contributed by atoms with Gasteiger partial charge in [0.15, 0.2) is 11.2 Å². The first-order chi connectivity index (χ1) is 17.2. The van der Waals surface area contributed by atoms with Gasteiger partial charge < -0.3 is 9.73 Å². The Bertz CT molecular complexity index is 1740. The molecule has 182 valence electrons. The third kappa shape index (κ3) is 4.27. The van der Waals surface area contributed by atoms with Crippen LogP contribution in [0.1, 0.15) is 29.7 Å². The predicted octanol–water partition coefficient (Wildman–Crippen LogP) is 5.18. The summed E-state index contributed by atoms with van der Waals surface area (Å²) in [6, 6.07) is 8.95. The smallest absolute Gasteiger partial charge is 0.439 e. The molecule has 0 bridgehead atoms. The van der Waals surface area contributed by atoms with E-state index in [-0.39, 0.29) is 33.6 Å². The molecule has 9 nitrogen and oxygen atoms in total. The minimum absolute atomic E-state index is 0.105. The average molecular weight is 508 g/mol. The van der Waals surface area contributed by atoms with Crippen LogP contribution in [0, 0.1) is 19.7 Å². The summed E-state index contributed by atoms with van der Waals surface area (Å²) >= 11 is 6.07. The fourth-order valence-corrected chi connectivity index (χ4v) is 4.19. The SMILES string of the molecule is Cc1cc([C@@H](C)Nc2ccc(Cl)nc2-c2noc(=O)[nH]2)c2oc(-c3cc(F)ccn3)c(C)c(=O)c2c1. The van der Waals surface area contributed by atoms with E-state index in [0.717, 1.165) is 5.56 Å². The van der Waals surface area contributed by atoms with Crippen molar-refractivity contribution in [3.8, 4) is 23.0 Å². The Morgan fingerprint density at radius 3 is 2.67 bits per heavy atom. The second-order valence-electron chi connectivity index (χ2n) is 8.32. The van der Waals surface area contributed by atoms with Crippen molar-refractivity contribution in [1.82, 2.24) is 20.1 Å². The van der Waals surface area contributed by atoms with Crippen molar-refractivity contribution in [2.24, 2.45) is 0 Å². The zero-order valence-corrected chi connectivity index (χ0v) is 20.1. The molecule has 0 saturated heterocycles. The van der Waals surface area contributed by atoms with Gasteiger partial charge in [-0.25, -0.2) is 14.2 Å². The quantitative estimate of drug-likeness (QED) is 0.312. The van der Waals surface area contributed by atoms with Crippen LogP contribution in [0.4, 0.5) is 10.1 Å². The van der Waals surface area contributed by atoms with Crippen LogP contribution >= 0.6 is 11.6 Å². The van der Waals surface area contributed by atoms with Crippen LogP contribution in [0.2, 0.25) is 5.15 Å². The van der Waals surface area contributed by atoms with Crippen LogP contribution in [0.5, 0.6) is 0 Å². The Morgan fingerprint density at radius 2 is 1.94 bits per heavy atom. The van der Waals surface area contributed by atoms with Crippen LogP contribution in [0.15, 0.2) is 61.1 Å². The molecule has 0 fully saturated rings. The molecule has 1 atom stereocenters. The molecular weight excluding hydrogens is 489 g/mol. The minimum atomic E-state index is -0.730. The normalized spacial score (nSPS) is 12.1. The molecule has 0 aliphatic carbocycles. The Morgan fingerprint density at radius 1 is 1.14 bits per heavy atom. The number of aryl methyl sites for hydroxylation is 1. The highest BCUT2D eigenvalue weighted by molar-refractivity contribution is 6.29. The Hall–Kier alpha value is -4.31. The zero-order valence-electron chi connectivity index (χ0n) is 19.3. The number of anilines is 1. The molecule has 4 aromatic heterocycles. The molecule has 1 aromatic carbocycles. The molecule has 0 saturated carbocycles. The summed E-state index contributed by atoms with van der Waals surface area (Å²) < 4.78 is 24.7. The molecule has 11 heteroatoms. The zero-order chi connectivity index (χ0) is 25.6. The minimum Gasteiger partial charge on any atom is -0.454 e. The number of fused-ring (bicyclic) bond motifs is 1. The molecule has 0 radical (unpaired) electrons. The highest BCUT2D eigenvalue weighted by Gasteiger charge is 2.21. The molecular formula is C25H19ClFN5O4. The van der Waals surface area contributed by atoms with E-state index in [9.17, 15) is 14.0 Å². The van der Waals surface area contributed by atoms with E-state index in [1.807, 2.05) is 19.9 Å².